The van der Waals surface area contributed by atoms with Crippen LogP contribution >= 0.6 is 11.6 Å². The average Bonchev–Trinajstić information content (AvgIpc) is 2.38. The van der Waals surface area contributed by atoms with Gasteiger partial charge in [-0.15, -0.1) is 0 Å². The molecule has 0 aromatic heterocycles. The lowest BCUT2D eigenvalue weighted by molar-refractivity contribution is 0.590. The van der Waals surface area contributed by atoms with Crippen LogP contribution < -0.4 is 5.73 Å². The number of nitrogens with two attached hydrogens (primary N) is 1. The van der Waals surface area contributed by atoms with Gasteiger partial charge in [-0.2, -0.15) is 0 Å². The summed E-state index contributed by atoms with van der Waals surface area (Å²) in [6.07, 6.45) is 0.519. The molecule has 0 aliphatic rings. The van der Waals surface area contributed by atoms with Crippen molar-refractivity contribution in [1.82, 2.24) is 0 Å². The van der Waals surface area contributed by atoms with Gasteiger partial charge < -0.3 is 5.73 Å². The second-order valence-corrected chi connectivity index (χ2v) is 5.16. The van der Waals surface area contributed by atoms with E-state index in [9.17, 15) is 4.39 Å². The van der Waals surface area contributed by atoms with E-state index in [0.29, 0.717) is 23.6 Å². The van der Waals surface area contributed by atoms with Crippen molar-refractivity contribution in [2.24, 2.45) is 5.73 Å². The molecule has 0 saturated heterocycles. The molecule has 1 nitrogen and oxygen atoms in total. The Bertz CT molecular complexity index is 548. The van der Waals surface area contributed by atoms with E-state index in [0.717, 1.165) is 5.56 Å². The Kier molecular flexibility index (Phi) is 4.56. The minimum atomic E-state index is -0.265. The van der Waals surface area contributed by atoms with Crippen LogP contribution in [0.5, 0.6) is 0 Å². The Balaban J connectivity index is 2.29. The molecule has 19 heavy (non-hydrogen) atoms. The fourth-order valence-electron chi connectivity index (χ4n) is 2.24. The Morgan fingerprint density at radius 3 is 2.58 bits per heavy atom. The third-order valence-electron chi connectivity index (χ3n) is 3.31. The molecule has 3 heteroatoms. The van der Waals surface area contributed by atoms with Crippen LogP contribution in [-0.4, -0.2) is 6.54 Å². The third kappa shape index (κ3) is 3.34. The molecule has 0 heterocycles. The number of benzene rings is 2. The Hall–Kier alpha value is -1.38. The first-order valence-corrected chi connectivity index (χ1v) is 6.69. The Morgan fingerprint density at radius 1 is 1.21 bits per heavy atom. The molecule has 100 valence electrons. The van der Waals surface area contributed by atoms with Crippen LogP contribution in [0.1, 0.15) is 22.6 Å². The van der Waals surface area contributed by atoms with E-state index < -0.39 is 0 Å². The highest BCUT2D eigenvalue weighted by Crippen LogP contribution is 2.27. The smallest absolute Gasteiger partial charge is 0.127 e. The summed E-state index contributed by atoms with van der Waals surface area (Å²) in [4.78, 5) is 0. The predicted octanol–water partition coefficient (Wildman–Crippen LogP) is 4.07. The second kappa shape index (κ2) is 6.18. The van der Waals surface area contributed by atoms with Crippen molar-refractivity contribution in [2.45, 2.75) is 19.3 Å². The number of hydrogen-bond acceptors (Lipinski definition) is 1. The first-order valence-electron chi connectivity index (χ1n) is 6.31. The first kappa shape index (κ1) is 14.0. The lowest BCUT2D eigenvalue weighted by Crippen LogP contribution is -2.16. The molecule has 0 amide bonds. The Morgan fingerprint density at radius 2 is 1.95 bits per heavy atom. The zero-order valence-corrected chi connectivity index (χ0v) is 11.6. The van der Waals surface area contributed by atoms with Gasteiger partial charge in [-0.3, -0.25) is 0 Å². The quantitative estimate of drug-likeness (QED) is 0.896. The van der Waals surface area contributed by atoms with Crippen molar-refractivity contribution in [3.63, 3.8) is 0 Å². The molecule has 0 aliphatic carbocycles. The van der Waals surface area contributed by atoms with Crippen LogP contribution in [0.15, 0.2) is 42.5 Å². The van der Waals surface area contributed by atoms with Gasteiger partial charge >= 0.3 is 0 Å². The van der Waals surface area contributed by atoms with Crippen LogP contribution in [0.2, 0.25) is 5.02 Å². The van der Waals surface area contributed by atoms with Crippen molar-refractivity contribution in [3.05, 3.63) is 70.0 Å². The van der Waals surface area contributed by atoms with E-state index in [1.165, 1.54) is 11.6 Å². The molecule has 0 radical (unpaired) electrons. The van der Waals surface area contributed by atoms with Gasteiger partial charge in [0.25, 0.3) is 0 Å². The topological polar surface area (TPSA) is 26.0 Å². The molecule has 2 N–H and O–H groups in total. The maximum absolute atomic E-state index is 13.8. The summed E-state index contributed by atoms with van der Waals surface area (Å²) < 4.78 is 13.8. The molecule has 1 atom stereocenters. The summed E-state index contributed by atoms with van der Waals surface area (Å²) in [7, 11) is 0. The van der Waals surface area contributed by atoms with Gasteiger partial charge in [0.1, 0.15) is 5.82 Å². The monoisotopic (exact) mass is 277 g/mol. The fourth-order valence-corrected chi connectivity index (χ4v) is 2.48. The number of hydrogen-bond donors (Lipinski definition) is 1. The maximum Gasteiger partial charge on any atom is 0.127 e. The van der Waals surface area contributed by atoms with Crippen LogP contribution in [0.4, 0.5) is 4.39 Å². The molecule has 0 spiro atoms. The van der Waals surface area contributed by atoms with Gasteiger partial charge in [-0.05, 0) is 37.6 Å². The predicted molar refractivity (Wildman–Crippen MR) is 78.1 cm³/mol. The SMILES string of the molecule is Cc1cccc(C(CN)Cc2c(F)cccc2Cl)c1. The minimum absolute atomic E-state index is 0.0781. The fraction of sp³-hybridized carbons (Fsp3) is 0.250. The zero-order chi connectivity index (χ0) is 13.8. The van der Waals surface area contributed by atoms with E-state index in [1.807, 2.05) is 25.1 Å². The number of rotatable bonds is 4. The largest absolute Gasteiger partial charge is 0.330 e. The van der Waals surface area contributed by atoms with Crippen molar-refractivity contribution in [2.75, 3.05) is 6.54 Å². The molecular formula is C16H17ClFN. The number of aryl methyl sites for hydroxylation is 1. The van der Waals surface area contributed by atoms with Gasteiger partial charge in [-0.25, -0.2) is 4.39 Å². The van der Waals surface area contributed by atoms with E-state index in [-0.39, 0.29) is 11.7 Å². The standard InChI is InChI=1S/C16H17ClFN/c1-11-4-2-5-12(8-11)13(10-19)9-14-15(17)6-3-7-16(14)18/h2-8,13H,9-10,19H2,1H3. The molecule has 2 aromatic carbocycles. The summed E-state index contributed by atoms with van der Waals surface area (Å²) in [5.41, 5.74) is 8.68. The van der Waals surface area contributed by atoms with Crippen LogP contribution in [0.3, 0.4) is 0 Å². The van der Waals surface area contributed by atoms with Gasteiger partial charge in [0.15, 0.2) is 0 Å². The highest BCUT2D eigenvalue weighted by Gasteiger charge is 2.15. The normalized spacial score (nSPS) is 12.4. The highest BCUT2D eigenvalue weighted by atomic mass is 35.5. The van der Waals surface area contributed by atoms with Crippen molar-refractivity contribution in [3.8, 4) is 0 Å². The summed E-state index contributed by atoms with van der Waals surface area (Å²) in [5.74, 6) is -0.187. The molecule has 0 bridgehead atoms. The van der Waals surface area contributed by atoms with Gasteiger partial charge in [0, 0.05) is 16.5 Å². The number of halogens is 2. The summed E-state index contributed by atoms with van der Waals surface area (Å²) in [6.45, 7) is 2.50. The van der Waals surface area contributed by atoms with Crippen LogP contribution in [0, 0.1) is 12.7 Å². The Labute approximate surface area is 118 Å². The molecule has 0 aliphatic heterocycles. The molecule has 1 unspecified atom stereocenters. The first-order chi connectivity index (χ1) is 9.11. The van der Waals surface area contributed by atoms with Crippen LogP contribution in [0.25, 0.3) is 0 Å². The van der Waals surface area contributed by atoms with E-state index in [1.54, 1.807) is 12.1 Å². The summed E-state index contributed by atoms with van der Waals surface area (Å²) in [5, 5.41) is 0.464. The van der Waals surface area contributed by atoms with E-state index >= 15 is 0 Å². The van der Waals surface area contributed by atoms with Crippen molar-refractivity contribution in [1.29, 1.82) is 0 Å². The summed E-state index contributed by atoms with van der Waals surface area (Å²) in [6, 6.07) is 12.9. The minimum Gasteiger partial charge on any atom is -0.330 e. The van der Waals surface area contributed by atoms with Gasteiger partial charge in [0.2, 0.25) is 0 Å². The van der Waals surface area contributed by atoms with Gasteiger partial charge in [-0.1, -0.05) is 47.5 Å². The van der Waals surface area contributed by atoms with Gasteiger partial charge in [0.05, 0.1) is 0 Å². The molecule has 0 fully saturated rings. The molecular weight excluding hydrogens is 261 g/mol. The molecule has 2 aromatic rings. The van der Waals surface area contributed by atoms with E-state index in [2.05, 4.69) is 6.07 Å². The third-order valence-corrected chi connectivity index (χ3v) is 3.66. The second-order valence-electron chi connectivity index (χ2n) is 4.75. The van der Waals surface area contributed by atoms with Crippen molar-refractivity contribution >= 4 is 11.6 Å². The zero-order valence-electron chi connectivity index (χ0n) is 10.9. The summed E-state index contributed by atoms with van der Waals surface area (Å²) >= 11 is 6.07. The average molecular weight is 278 g/mol. The lowest BCUT2D eigenvalue weighted by atomic mass is 9.91. The maximum atomic E-state index is 13.8. The van der Waals surface area contributed by atoms with Crippen molar-refractivity contribution < 1.29 is 4.39 Å². The van der Waals surface area contributed by atoms with E-state index in [4.69, 9.17) is 17.3 Å². The van der Waals surface area contributed by atoms with Crippen LogP contribution in [-0.2, 0) is 6.42 Å². The highest BCUT2D eigenvalue weighted by molar-refractivity contribution is 6.31. The molecule has 0 saturated carbocycles. The molecule has 2 rings (SSSR count). The lowest BCUT2D eigenvalue weighted by Gasteiger charge is -2.17.